The predicted octanol–water partition coefficient (Wildman–Crippen LogP) is 2.06. The van der Waals surface area contributed by atoms with Crippen molar-refractivity contribution >= 4 is 6.09 Å². The normalized spacial score (nSPS) is 19.4. The number of alkyl carbamates (subject to hydrolysis) is 1. The Hall–Kier alpha value is -0.910. The lowest BCUT2D eigenvalue weighted by Gasteiger charge is -2.46. The van der Waals surface area contributed by atoms with Gasteiger partial charge in [-0.05, 0) is 40.0 Å². The van der Waals surface area contributed by atoms with Crippen LogP contribution in [0.4, 0.5) is 13.6 Å². The molecule has 0 saturated heterocycles. The molecule has 0 aliphatic heterocycles. The van der Waals surface area contributed by atoms with E-state index < -0.39 is 29.8 Å². The van der Waals surface area contributed by atoms with E-state index in [-0.39, 0.29) is 12.8 Å². The standard InChI is InChI=1S/C11H19F2NO3/c1-9(2,3)17-8(16)14-10(5-4-6-10)11(12,13)7-15/h15H,4-7H2,1-3H3,(H,14,16). The quantitative estimate of drug-likeness (QED) is 0.807. The Balaban J connectivity index is 2.68. The summed E-state index contributed by atoms with van der Waals surface area (Å²) in [5.41, 5.74) is -2.38. The van der Waals surface area contributed by atoms with E-state index in [1.807, 2.05) is 0 Å². The van der Waals surface area contributed by atoms with Crippen molar-refractivity contribution in [2.45, 2.75) is 57.1 Å². The molecule has 0 spiro atoms. The molecule has 6 heteroatoms. The minimum Gasteiger partial charge on any atom is -0.444 e. The van der Waals surface area contributed by atoms with Gasteiger partial charge >= 0.3 is 6.09 Å². The van der Waals surface area contributed by atoms with Crippen LogP contribution in [0.3, 0.4) is 0 Å². The minimum atomic E-state index is -3.32. The summed E-state index contributed by atoms with van der Waals surface area (Å²) >= 11 is 0. The second-order valence-corrected chi connectivity index (χ2v) is 5.43. The van der Waals surface area contributed by atoms with Crippen LogP contribution in [0.2, 0.25) is 0 Å². The van der Waals surface area contributed by atoms with Crippen LogP contribution >= 0.6 is 0 Å². The van der Waals surface area contributed by atoms with E-state index in [1.165, 1.54) is 0 Å². The summed E-state index contributed by atoms with van der Waals surface area (Å²) < 4.78 is 32.0. The molecular formula is C11H19F2NO3. The highest BCUT2D eigenvalue weighted by Crippen LogP contribution is 2.44. The Kier molecular flexibility index (Phi) is 3.66. The van der Waals surface area contributed by atoms with Crippen molar-refractivity contribution in [2.75, 3.05) is 6.61 Å². The number of aliphatic hydroxyl groups excluding tert-OH is 1. The van der Waals surface area contributed by atoms with Gasteiger partial charge in [0.2, 0.25) is 0 Å². The number of hydrogen-bond acceptors (Lipinski definition) is 3. The zero-order valence-corrected chi connectivity index (χ0v) is 10.3. The SMILES string of the molecule is CC(C)(C)OC(=O)NC1(C(F)(F)CO)CCC1. The third-order valence-corrected chi connectivity index (χ3v) is 2.85. The smallest absolute Gasteiger partial charge is 0.408 e. The highest BCUT2D eigenvalue weighted by Gasteiger charge is 2.58. The van der Waals surface area contributed by atoms with Crippen LogP contribution in [-0.4, -0.2) is 34.9 Å². The molecule has 0 unspecified atom stereocenters. The molecule has 1 amide bonds. The molecule has 0 aromatic carbocycles. The molecule has 0 aromatic rings. The number of rotatable bonds is 3. The Morgan fingerprint density at radius 2 is 1.94 bits per heavy atom. The Morgan fingerprint density at radius 3 is 2.24 bits per heavy atom. The van der Waals surface area contributed by atoms with Crippen molar-refractivity contribution < 1.29 is 23.4 Å². The van der Waals surface area contributed by atoms with E-state index in [1.54, 1.807) is 20.8 Å². The zero-order chi connectivity index (χ0) is 13.3. The molecule has 1 aliphatic rings. The highest BCUT2D eigenvalue weighted by atomic mass is 19.3. The molecule has 0 atom stereocenters. The second-order valence-electron chi connectivity index (χ2n) is 5.43. The van der Waals surface area contributed by atoms with E-state index in [2.05, 4.69) is 5.32 Å². The first-order valence-electron chi connectivity index (χ1n) is 5.62. The van der Waals surface area contributed by atoms with E-state index >= 15 is 0 Å². The minimum absolute atomic E-state index is 0.153. The van der Waals surface area contributed by atoms with Gasteiger partial charge in [-0.2, -0.15) is 0 Å². The van der Waals surface area contributed by atoms with E-state index in [4.69, 9.17) is 9.84 Å². The zero-order valence-electron chi connectivity index (χ0n) is 10.3. The molecule has 0 heterocycles. The van der Waals surface area contributed by atoms with Crippen molar-refractivity contribution in [2.24, 2.45) is 0 Å². The summed E-state index contributed by atoms with van der Waals surface area (Å²) in [6, 6.07) is 0. The van der Waals surface area contributed by atoms with Crippen LogP contribution in [0.1, 0.15) is 40.0 Å². The maximum atomic E-state index is 13.5. The number of nitrogens with one attached hydrogen (secondary N) is 1. The fourth-order valence-corrected chi connectivity index (χ4v) is 1.76. The van der Waals surface area contributed by atoms with Crippen molar-refractivity contribution in [1.29, 1.82) is 0 Å². The van der Waals surface area contributed by atoms with Gasteiger partial charge in [-0.3, -0.25) is 0 Å². The molecule has 0 bridgehead atoms. The molecule has 2 N–H and O–H groups in total. The van der Waals surface area contributed by atoms with Crippen LogP contribution < -0.4 is 5.32 Å². The van der Waals surface area contributed by atoms with E-state index in [0.29, 0.717) is 6.42 Å². The molecule has 1 aliphatic carbocycles. The third-order valence-electron chi connectivity index (χ3n) is 2.85. The van der Waals surface area contributed by atoms with Crippen LogP contribution in [0, 0.1) is 0 Å². The van der Waals surface area contributed by atoms with Crippen molar-refractivity contribution in [3.63, 3.8) is 0 Å². The lowest BCUT2D eigenvalue weighted by molar-refractivity contribution is -0.149. The van der Waals surface area contributed by atoms with Crippen LogP contribution in [-0.2, 0) is 4.74 Å². The van der Waals surface area contributed by atoms with Gasteiger partial charge in [0.1, 0.15) is 17.7 Å². The molecular weight excluding hydrogens is 232 g/mol. The second kappa shape index (κ2) is 4.40. The summed E-state index contributed by atoms with van der Waals surface area (Å²) in [6.07, 6.45) is 0.0377. The van der Waals surface area contributed by atoms with E-state index in [9.17, 15) is 13.6 Å². The Bertz CT molecular complexity index is 296. The average molecular weight is 251 g/mol. The summed E-state index contributed by atoms with van der Waals surface area (Å²) in [6.45, 7) is 3.70. The predicted molar refractivity (Wildman–Crippen MR) is 58.0 cm³/mol. The number of halogens is 2. The summed E-state index contributed by atoms with van der Waals surface area (Å²) in [7, 11) is 0. The first-order valence-corrected chi connectivity index (χ1v) is 5.62. The Morgan fingerprint density at radius 1 is 1.41 bits per heavy atom. The third kappa shape index (κ3) is 3.06. The monoisotopic (exact) mass is 251 g/mol. The summed E-state index contributed by atoms with van der Waals surface area (Å²) in [5.74, 6) is -3.32. The van der Waals surface area contributed by atoms with Gasteiger partial charge in [0.25, 0.3) is 5.92 Å². The van der Waals surface area contributed by atoms with E-state index in [0.717, 1.165) is 0 Å². The van der Waals surface area contributed by atoms with Gasteiger partial charge in [0.05, 0.1) is 0 Å². The van der Waals surface area contributed by atoms with Crippen LogP contribution in [0.5, 0.6) is 0 Å². The van der Waals surface area contributed by atoms with Crippen LogP contribution in [0.15, 0.2) is 0 Å². The molecule has 0 radical (unpaired) electrons. The number of amides is 1. The number of carbonyl (C=O) groups excluding carboxylic acids is 1. The highest BCUT2D eigenvalue weighted by molar-refractivity contribution is 5.69. The van der Waals surface area contributed by atoms with Gasteiger partial charge in [-0.15, -0.1) is 0 Å². The van der Waals surface area contributed by atoms with Crippen molar-refractivity contribution in [3.05, 3.63) is 0 Å². The van der Waals surface area contributed by atoms with Gasteiger partial charge in [-0.25, -0.2) is 13.6 Å². The average Bonchev–Trinajstić information content (AvgIpc) is 2.08. The summed E-state index contributed by atoms with van der Waals surface area (Å²) in [4.78, 5) is 11.5. The number of aliphatic hydroxyl groups is 1. The largest absolute Gasteiger partial charge is 0.444 e. The lowest BCUT2D eigenvalue weighted by Crippen LogP contribution is -2.66. The Labute approximate surface area is 99.3 Å². The number of carbonyl (C=O) groups is 1. The molecule has 4 nitrogen and oxygen atoms in total. The maximum absolute atomic E-state index is 13.5. The van der Waals surface area contributed by atoms with Crippen LogP contribution in [0.25, 0.3) is 0 Å². The molecule has 0 aromatic heterocycles. The number of ether oxygens (including phenoxy) is 1. The topological polar surface area (TPSA) is 58.6 Å². The van der Waals surface area contributed by atoms with Gasteiger partial charge in [-0.1, -0.05) is 0 Å². The molecule has 17 heavy (non-hydrogen) atoms. The van der Waals surface area contributed by atoms with Gasteiger partial charge in [0, 0.05) is 0 Å². The van der Waals surface area contributed by atoms with Gasteiger partial charge < -0.3 is 15.2 Å². The number of hydrogen-bond donors (Lipinski definition) is 2. The molecule has 1 saturated carbocycles. The first kappa shape index (κ1) is 14.2. The van der Waals surface area contributed by atoms with Crippen molar-refractivity contribution in [3.8, 4) is 0 Å². The fourth-order valence-electron chi connectivity index (χ4n) is 1.76. The first-order chi connectivity index (χ1) is 7.62. The summed E-state index contributed by atoms with van der Waals surface area (Å²) in [5, 5.41) is 10.9. The molecule has 1 rings (SSSR count). The fraction of sp³-hybridized carbons (Fsp3) is 0.909. The van der Waals surface area contributed by atoms with Crippen molar-refractivity contribution in [1.82, 2.24) is 5.32 Å². The molecule has 100 valence electrons. The van der Waals surface area contributed by atoms with Gasteiger partial charge in [0.15, 0.2) is 0 Å². The molecule has 1 fully saturated rings. The lowest BCUT2D eigenvalue weighted by atomic mass is 9.72. The maximum Gasteiger partial charge on any atom is 0.408 e. The number of alkyl halides is 2.